The van der Waals surface area contributed by atoms with Gasteiger partial charge in [0.1, 0.15) is 16.5 Å². The van der Waals surface area contributed by atoms with Crippen LogP contribution in [-0.4, -0.2) is 9.97 Å². The summed E-state index contributed by atoms with van der Waals surface area (Å²) < 4.78 is 0. The number of thiophene rings is 1. The first kappa shape index (κ1) is 12.4. The molecule has 19 heavy (non-hydrogen) atoms. The van der Waals surface area contributed by atoms with Crippen molar-refractivity contribution in [3.63, 3.8) is 0 Å². The molecule has 0 aliphatic heterocycles. The van der Waals surface area contributed by atoms with Gasteiger partial charge >= 0.3 is 0 Å². The molecule has 0 radical (unpaired) electrons. The normalized spacial score (nSPS) is 11.0. The molecule has 2 N–H and O–H groups in total. The third-order valence-corrected chi connectivity index (χ3v) is 4.55. The van der Waals surface area contributed by atoms with E-state index in [0.717, 1.165) is 21.8 Å². The van der Waals surface area contributed by atoms with Crippen LogP contribution >= 0.6 is 23.1 Å². The molecule has 0 atom stereocenters. The van der Waals surface area contributed by atoms with Gasteiger partial charge in [-0.3, -0.25) is 0 Å². The van der Waals surface area contributed by atoms with Gasteiger partial charge in [0.15, 0.2) is 0 Å². The summed E-state index contributed by atoms with van der Waals surface area (Å²) in [4.78, 5) is 11.1. The molecule has 0 fully saturated rings. The van der Waals surface area contributed by atoms with Crippen LogP contribution in [0.15, 0.2) is 40.6 Å². The Balaban J connectivity index is 1.81. The van der Waals surface area contributed by atoms with Crippen LogP contribution in [0.2, 0.25) is 0 Å². The number of anilines is 1. The second kappa shape index (κ2) is 5.19. The highest BCUT2D eigenvalue weighted by Gasteiger charge is 2.06. The SMILES string of the molecule is Cc1cccc(SCc2nc(N)c3ccsc3n2)c1. The molecule has 0 spiro atoms. The second-order valence-electron chi connectivity index (χ2n) is 4.27. The molecule has 0 amide bonds. The predicted molar refractivity (Wildman–Crippen MR) is 82.6 cm³/mol. The molecular formula is C14H13N3S2. The number of hydrogen-bond donors (Lipinski definition) is 1. The number of aromatic nitrogens is 2. The molecule has 3 aromatic rings. The zero-order valence-electron chi connectivity index (χ0n) is 10.5. The van der Waals surface area contributed by atoms with Crippen LogP contribution in [-0.2, 0) is 5.75 Å². The van der Waals surface area contributed by atoms with Gasteiger partial charge in [0.2, 0.25) is 0 Å². The zero-order valence-corrected chi connectivity index (χ0v) is 12.1. The fourth-order valence-corrected chi connectivity index (χ4v) is 3.50. The van der Waals surface area contributed by atoms with Crippen molar-refractivity contribution >= 4 is 39.1 Å². The number of rotatable bonds is 3. The standard InChI is InChI=1S/C14H13N3S2/c1-9-3-2-4-10(7-9)19-8-12-16-13(15)11-5-6-18-14(11)17-12/h2-7H,8H2,1H3,(H2,15,16,17). The maximum absolute atomic E-state index is 5.94. The Morgan fingerprint density at radius 3 is 3.00 bits per heavy atom. The average molecular weight is 287 g/mol. The first-order valence-electron chi connectivity index (χ1n) is 5.91. The van der Waals surface area contributed by atoms with Gasteiger partial charge in [0.05, 0.1) is 11.1 Å². The van der Waals surface area contributed by atoms with E-state index in [1.807, 2.05) is 11.4 Å². The highest BCUT2D eigenvalue weighted by molar-refractivity contribution is 7.98. The van der Waals surface area contributed by atoms with Crippen molar-refractivity contribution in [3.05, 3.63) is 47.1 Å². The van der Waals surface area contributed by atoms with Crippen molar-refractivity contribution in [2.24, 2.45) is 0 Å². The molecule has 0 aliphatic carbocycles. The van der Waals surface area contributed by atoms with Crippen LogP contribution in [0, 0.1) is 6.92 Å². The third-order valence-electron chi connectivity index (χ3n) is 2.76. The number of thioether (sulfide) groups is 1. The van der Waals surface area contributed by atoms with Crippen molar-refractivity contribution in [2.75, 3.05) is 5.73 Å². The van der Waals surface area contributed by atoms with Gasteiger partial charge in [-0.1, -0.05) is 17.7 Å². The molecular weight excluding hydrogens is 274 g/mol. The number of aryl methyl sites for hydroxylation is 1. The Morgan fingerprint density at radius 2 is 2.16 bits per heavy atom. The second-order valence-corrected chi connectivity index (χ2v) is 6.21. The van der Waals surface area contributed by atoms with Crippen LogP contribution in [0.5, 0.6) is 0 Å². The van der Waals surface area contributed by atoms with Gasteiger partial charge in [-0.05, 0) is 30.5 Å². The largest absolute Gasteiger partial charge is 0.383 e. The fourth-order valence-electron chi connectivity index (χ4n) is 1.84. The van der Waals surface area contributed by atoms with E-state index in [2.05, 4.69) is 41.2 Å². The summed E-state index contributed by atoms with van der Waals surface area (Å²) in [6.45, 7) is 2.09. The lowest BCUT2D eigenvalue weighted by Crippen LogP contribution is -1.98. The van der Waals surface area contributed by atoms with Crippen LogP contribution in [0.4, 0.5) is 5.82 Å². The quantitative estimate of drug-likeness (QED) is 0.743. The molecule has 2 aromatic heterocycles. The number of nitrogens with zero attached hydrogens (tertiary/aromatic N) is 2. The number of benzene rings is 1. The van der Waals surface area contributed by atoms with Gasteiger partial charge in [-0.25, -0.2) is 9.97 Å². The lowest BCUT2D eigenvalue weighted by atomic mass is 10.2. The third kappa shape index (κ3) is 2.72. The summed E-state index contributed by atoms with van der Waals surface area (Å²) in [5.41, 5.74) is 7.20. The van der Waals surface area contributed by atoms with Gasteiger partial charge in [0.25, 0.3) is 0 Å². The van der Waals surface area contributed by atoms with E-state index in [1.165, 1.54) is 10.5 Å². The molecule has 0 bridgehead atoms. The number of hydrogen-bond acceptors (Lipinski definition) is 5. The van der Waals surface area contributed by atoms with Crippen molar-refractivity contribution < 1.29 is 0 Å². The van der Waals surface area contributed by atoms with Crippen molar-refractivity contribution in [2.45, 2.75) is 17.6 Å². The van der Waals surface area contributed by atoms with E-state index in [1.54, 1.807) is 23.1 Å². The Labute approximate surface area is 119 Å². The maximum Gasteiger partial charge on any atom is 0.142 e. The van der Waals surface area contributed by atoms with E-state index in [-0.39, 0.29) is 0 Å². The molecule has 3 nitrogen and oxygen atoms in total. The van der Waals surface area contributed by atoms with Crippen LogP contribution in [0.3, 0.4) is 0 Å². The molecule has 2 heterocycles. The van der Waals surface area contributed by atoms with E-state index in [0.29, 0.717) is 5.82 Å². The summed E-state index contributed by atoms with van der Waals surface area (Å²) in [7, 11) is 0. The zero-order chi connectivity index (χ0) is 13.2. The Bertz CT molecular complexity index is 722. The average Bonchev–Trinajstić information content (AvgIpc) is 2.85. The summed E-state index contributed by atoms with van der Waals surface area (Å²) in [5, 5.41) is 2.95. The minimum absolute atomic E-state index is 0.575. The maximum atomic E-state index is 5.94. The van der Waals surface area contributed by atoms with Crippen molar-refractivity contribution in [3.8, 4) is 0 Å². The molecule has 3 rings (SSSR count). The van der Waals surface area contributed by atoms with E-state index in [4.69, 9.17) is 5.73 Å². The number of fused-ring (bicyclic) bond motifs is 1. The van der Waals surface area contributed by atoms with Gasteiger partial charge in [-0.2, -0.15) is 0 Å². The monoisotopic (exact) mass is 287 g/mol. The lowest BCUT2D eigenvalue weighted by molar-refractivity contribution is 1.08. The van der Waals surface area contributed by atoms with E-state index >= 15 is 0 Å². The Morgan fingerprint density at radius 1 is 1.26 bits per heavy atom. The molecule has 0 unspecified atom stereocenters. The summed E-state index contributed by atoms with van der Waals surface area (Å²) in [6.07, 6.45) is 0. The highest BCUT2D eigenvalue weighted by Crippen LogP contribution is 2.26. The Hall–Kier alpha value is -1.59. The topological polar surface area (TPSA) is 51.8 Å². The number of nitrogens with two attached hydrogens (primary N) is 1. The number of nitrogen functional groups attached to an aromatic ring is 1. The van der Waals surface area contributed by atoms with Crippen molar-refractivity contribution in [1.29, 1.82) is 0 Å². The molecule has 5 heteroatoms. The lowest BCUT2D eigenvalue weighted by Gasteiger charge is -2.03. The van der Waals surface area contributed by atoms with Gasteiger partial charge in [0, 0.05) is 4.90 Å². The molecule has 0 saturated carbocycles. The van der Waals surface area contributed by atoms with Crippen molar-refractivity contribution in [1.82, 2.24) is 9.97 Å². The van der Waals surface area contributed by atoms with Crippen LogP contribution < -0.4 is 5.73 Å². The van der Waals surface area contributed by atoms with E-state index < -0.39 is 0 Å². The van der Waals surface area contributed by atoms with Gasteiger partial charge in [-0.15, -0.1) is 23.1 Å². The fraction of sp³-hybridized carbons (Fsp3) is 0.143. The Kier molecular flexibility index (Phi) is 3.40. The highest BCUT2D eigenvalue weighted by atomic mass is 32.2. The van der Waals surface area contributed by atoms with Crippen LogP contribution in [0.1, 0.15) is 11.4 Å². The molecule has 0 saturated heterocycles. The summed E-state index contributed by atoms with van der Waals surface area (Å²) >= 11 is 3.33. The van der Waals surface area contributed by atoms with Crippen LogP contribution in [0.25, 0.3) is 10.2 Å². The first-order valence-corrected chi connectivity index (χ1v) is 7.78. The molecule has 1 aromatic carbocycles. The van der Waals surface area contributed by atoms with E-state index in [9.17, 15) is 0 Å². The summed E-state index contributed by atoms with van der Waals surface area (Å²) in [5.74, 6) is 2.10. The molecule has 96 valence electrons. The summed E-state index contributed by atoms with van der Waals surface area (Å²) in [6, 6.07) is 10.4. The smallest absolute Gasteiger partial charge is 0.142 e. The first-order chi connectivity index (χ1) is 9.22. The van der Waals surface area contributed by atoms with Gasteiger partial charge < -0.3 is 5.73 Å². The molecule has 0 aliphatic rings. The minimum atomic E-state index is 0.575. The minimum Gasteiger partial charge on any atom is -0.383 e. The predicted octanol–water partition coefficient (Wildman–Crippen LogP) is 3.87.